The summed E-state index contributed by atoms with van der Waals surface area (Å²) in [5.74, 6) is -0.0495. The van der Waals surface area contributed by atoms with Crippen LogP contribution in [-0.2, 0) is 21.2 Å². The molecule has 5 rings (SSSR count). The van der Waals surface area contributed by atoms with Crippen LogP contribution in [0.5, 0.6) is 0 Å². The summed E-state index contributed by atoms with van der Waals surface area (Å²) in [4.78, 5) is 22.3. The van der Waals surface area contributed by atoms with Gasteiger partial charge in [0, 0.05) is 36.6 Å². The van der Waals surface area contributed by atoms with Crippen molar-refractivity contribution < 1.29 is 17.6 Å². The van der Waals surface area contributed by atoms with Crippen molar-refractivity contribution in [2.24, 2.45) is 0 Å². The molecule has 0 aliphatic carbocycles. The molecule has 7 nitrogen and oxygen atoms in total. The molecular weight excluding hydrogens is 467 g/mol. The highest BCUT2D eigenvalue weighted by Crippen LogP contribution is 2.32. The largest absolute Gasteiger partial charge is 0.346 e. The lowest BCUT2D eigenvalue weighted by molar-refractivity contribution is -0.131. The average molecular weight is 493 g/mol. The van der Waals surface area contributed by atoms with Gasteiger partial charge in [-0.1, -0.05) is 12.1 Å². The van der Waals surface area contributed by atoms with E-state index in [9.17, 15) is 17.6 Å². The maximum Gasteiger partial charge on any atom is 0.261 e. The van der Waals surface area contributed by atoms with E-state index in [1.807, 2.05) is 17.2 Å². The number of benzene rings is 2. The number of fused-ring (bicyclic) bond motifs is 1. The van der Waals surface area contributed by atoms with E-state index in [-0.39, 0.29) is 17.2 Å². The Labute approximate surface area is 203 Å². The zero-order valence-corrected chi connectivity index (χ0v) is 19.8. The van der Waals surface area contributed by atoms with Crippen LogP contribution in [0.15, 0.2) is 78.0 Å². The zero-order valence-electron chi connectivity index (χ0n) is 18.9. The summed E-state index contributed by atoms with van der Waals surface area (Å²) in [6.45, 7) is 1.40. The summed E-state index contributed by atoms with van der Waals surface area (Å²) in [5, 5.41) is 1.15. The topological polar surface area (TPSA) is 95.2 Å². The van der Waals surface area contributed by atoms with E-state index in [1.165, 1.54) is 17.7 Å². The molecule has 35 heavy (non-hydrogen) atoms. The quantitative estimate of drug-likeness (QED) is 0.416. The van der Waals surface area contributed by atoms with E-state index in [0.29, 0.717) is 24.7 Å². The van der Waals surface area contributed by atoms with Gasteiger partial charge >= 0.3 is 0 Å². The first-order valence-electron chi connectivity index (χ1n) is 11.5. The van der Waals surface area contributed by atoms with E-state index in [1.54, 1.807) is 30.5 Å². The summed E-state index contributed by atoms with van der Waals surface area (Å²) in [6.07, 6.45) is 5.87. The van der Waals surface area contributed by atoms with Crippen molar-refractivity contribution in [1.82, 2.24) is 14.9 Å². The normalized spacial score (nSPS) is 14.8. The molecule has 3 heterocycles. The Morgan fingerprint density at radius 1 is 1.06 bits per heavy atom. The van der Waals surface area contributed by atoms with Gasteiger partial charge in [0.25, 0.3) is 10.0 Å². The Kier molecular flexibility index (Phi) is 6.25. The molecule has 1 fully saturated rings. The number of piperidine rings is 1. The number of halogens is 1. The second-order valence-electron chi connectivity index (χ2n) is 8.73. The Balaban J connectivity index is 1.17. The molecule has 1 aliphatic heterocycles. The van der Waals surface area contributed by atoms with Gasteiger partial charge in [0.1, 0.15) is 11.5 Å². The minimum Gasteiger partial charge on any atom is -0.346 e. The van der Waals surface area contributed by atoms with Gasteiger partial charge < -0.3 is 9.88 Å². The monoisotopic (exact) mass is 492 g/mol. The molecular formula is C26H25FN4O3S. The first-order chi connectivity index (χ1) is 16.9. The number of aromatic nitrogens is 2. The van der Waals surface area contributed by atoms with E-state index in [4.69, 9.17) is 0 Å². The summed E-state index contributed by atoms with van der Waals surface area (Å²) in [5.41, 5.74) is 3.34. The number of sulfonamides is 1. The van der Waals surface area contributed by atoms with Crippen LogP contribution in [-0.4, -0.2) is 42.3 Å². The SMILES string of the molecule is O=C(Cc1ccc(NS(=O)(=O)c2ccc(F)cc2)cc1)N1CCC(c2c[nH]c3ncccc23)CC1. The maximum absolute atomic E-state index is 13.1. The van der Waals surface area contributed by atoms with Crippen LogP contribution >= 0.6 is 0 Å². The van der Waals surface area contributed by atoms with Crippen molar-refractivity contribution in [3.05, 3.63) is 90.0 Å². The van der Waals surface area contributed by atoms with Crippen LogP contribution in [0.2, 0.25) is 0 Å². The highest BCUT2D eigenvalue weighted by molar-refractivity contribution is 7.92. The number of nitrogens with one attached hydrogen (secondary N) is 2. The highest BCUT2D eigenvalue weighted by Gasteiger charge is 2.25. The van der Waals surface area contributed by atoms with Crippen molar-refractivity contribution in [2.45, 2.75) is 30.1 Å². The van der Waals surface area contributed by atoms with Crippen molar-refractivity contribution in [3.63, 3.8) is 0 Å². The fraction of sp³-hybridized carbons (Fsp3) is 0.231. The molecule has 0 spiro atoms. The number of aromatic amines is 1. The van der Waals surface area contributed by atoms with Crippen LogP contribution in [0.25, 0.3) is 11.0 Å². The minimum atomic E-state index is -3.82. The van der Waals surface area contributed by atoms with Gasteiger partial charge in [0.2, 0.25) is 5.91 Å². The van der Waals surface area contributed by atoms with Gasteiger partial charge in [0.05, 0.1) is 11.3 Å². The molecule has 2 aromatic carbocycles. The predicted octanol–water partition coefficient (Wildman–Crippen LogP) is 4.45. The number of anilines is 1. The summed E-state index contributed by atoms with van der Waals surface area (Å²) in [7, 11) is -3.82. The fourth-order valence-corrected chi connectivity index (χ4v) is 5.62. The Morgan fingerprint density at radius 2 is 1.77 bits per heavy atom. The zero-order chi connectivity index (χ0) is 24.4. The number of hydrogen-bond donors (Lipinski definition) is 2. The lowest BCUT2D eigenvalue weighted by Gasteiger charge is -2.32. The van der Waals surface area contributed by atoms with E-state index in [2.05, 4.69) is 20.8 Å². The Bertz CT molecular complexity index is 1440. The molecule has 0 radical (unpaired) electrons. The summed E-state index contributed by atoms with van der Waals surface area (Å²) >= 11 is 0. The fourth-order valence-electron chi connectivity index (χ4n) is 4.56. The number of pyridine rings is 1. The van der Waals surface area contributed by atoms with E-state index in [0.717, 1.165) is 41.6 Å². The number of carbonyl (C=O) groups is 1. The number of rotatable bonds is 6. The lowest BCUT2D eigenvalue weighted by Crippen LogP contribution is -2.38. The van der Waals surface area contributed by atoms with Gasteiger partial charge in [-0.05, 0) is 78.4 Å². The third kappa shape index (κ3) is 5.05. The summed E-state index contributed by atoms with van der Waals surface area (Å²) in [6, 6.07) is 15.4. The Morgan fingerprint density at radius 3 is 2.49 bits per heavy atom. The highest BCUT2D eigenvalue weighted by atomic mass is 32.2. The first kappa shape index (κ1) is 23.0. The van der Waals surface area contributed by atoms with Gasteiger partial charge in [-0.15, -0.1) is 0 Å². The average Bonchev–Trinajstić information content (AvgIpc) is 3.30. The van der Waals surface area contributed by atoms with E-state index >= 15 is 0 Å². The van der Waals surface area contributed by atoms with Gasteiger partial charge in [-0.25, -0.2) is 17.8 Å². The molecule has 1 aliphatic rings. The molecule has 4 aromatic rings. The number of carbonyl (C=O) groups excluding carboxylic acids is 1. The standard InChI is InChI=1S/C26H25FN4O3S/c27-20-5-9-22(10-6-20)35(33,34)30-21-7-3-18(4-8-21)16-25(32)31-14-11-19(12-15-31)24-17-29-26-23(24)2-1-13-28-26/h1-10,13,17,19,30H,11-12,14-16H2,(H,28,29). The predicted molar refractivity (Wildman–Crippen MR) is 132 cm³/mol. The number of hydrogen-bond acceptors (Lipinski definition) is 4. The Hall–Kier alpha value is -3.72. The summed E-state index contributed by atoms with van der Waals surface area (Å²) < 4.78 is 40.5. The van der Waals surface area contributed by atoms with E-state index < -0.39 is 15.8 Å². The number of amides is 1. The molecule has 2 N–H and O–H groups in total. The van der Waals surface area contributed by atoms with Crippen LogP contribution in [0, 0.1) is 5.82 Å². The molecule has 2 aromatic heterocycles. The second-order valence-corrected chi connectivity index (χ2v) is 10.4. The second kappa shape index (κ2) is 9.50. The van der Waals surface area contributed by atoms with Crippen molar-refractivity contribution >= 4 is 32.7 Å². The van der Waals surface area contributed by atoms with Gasteiger partial charge in [0.15, 0.2) is 0 Å². The van der Waals surface area contributed by atoms with Crippen LogP contribution in [0.3, 0.4) is 0 Å². The first-order valence-corrected chi connectivity index (χ1v) is 12.9. The third-order valence-electron chi connectivity index (χ3n) is 6.46. The maximum atomic E-state index is 13.1. The number of H-pyrrole nitrogens is 1. The number of likely N-dealkylation sites (tertiary alicyclic amines) is 1. The van der Waals surface area contributed by atoms with Gasteiger partial charge in [-0.3, -0.25) is 9.52 Å². The molecule has 180 valence electrons. The van der Waals surface area contributed by atoms with Crippen LogP contribution in [0.4, 0.5) is 10.1 Å². The van der Waals surface area contributed by atoms with Crippen LogP contribution < -0.4 is 4.72 Å². The molecule has 1 saturated heterocycles. The van der Waals surface area contributed by atoms with Gasteiger partial charge in [-0.2, -0.15) is 0 Å². The molecule has 0 unspecified atom stereocenters. The molecule has 0 saturated carbocycles. The minimum absolute atomic E-state index is 0.0227. The van der Waals surface area contributed by atoms with Crippen molar-refractivity contribution in [2.75, 3.05) is 17.8 Å². The molecule has 0 bridgehead atoms. The van der Waals surface area contributed by atoms with Crippen molar-refractivity contribution in [1.29, 1.82) is 0 Å². The smallest absolute Gasteiger partial charge is 0.261 e. The third-order valence-corrected chi connectivity index (χ3v) is 7.85. The molecule has 9 heteroatoms. The number of nitrogens with zero attached hydrogens (tertiary/aromatic N) is 2. The van der Waals surface area contributed by atoms with Crippen LogP contribution in [0.1, 0.15) is 29.9 Å². The lowest BCUT2D eigenvalue weighted by atomic mass is 9.89. The molecule has 1 amide bonds. The molecule has 0 atom stereocenters. The van der Waals surface area contributed by atoms with Crippen molar-refractivity contribution in [3.8, 4) is 0 Å².